The molecule has 17 atom stereocenters. The minimum Gasteiger partial charge on any atom is -0.508 e. The fraction of sp³-hybridized carbons (Fsp3) is 0.742. The Kier molecular flexibility index (Phi) is 33.5. The van der Waals surface area contributed by atoms with Crippen LogP contribution in [0.1, 0.15) is 149 Å². The lowest BCUT2D eigenvalue weighted by atomic mass is 9.91. The van der Waals surface area contributed by atoms with Crippen molar-refractivity contribution in [2.24, 2.45) is 17.8 Å². The topological polar surface area (TPSA) is 435 Å². The number of hydrogen-bond donors (Lipinski definition) is 16. The normalized spacial score (nSPS) is 25.6. The highest BCUT2D eigenvalue weighted by molar-refractivity contribution is 7.98. The van der Waals surface area contributed by atoms with Gasteiger partial charge in [-0.3, -0.25) is 47.9 Å². The highest BCUT2D eigenvalue weighted by Crippen LogP contribution is 2.27. The van der Waals surface area contributed by atoms with Gasteiger partial charge in [-0.25, -0.2) is 4.39 Å². The van der Waals surface area contributed by atoms with Crippen LogP contribution in [-0.4, -0.2) is 240 Å². The van der Waals surface area contributed by atoms with Crippen molar-refractivity contribution >= 4 is 71.3 Å². The highest BCUT2D eigenvalue weighted by Gasteiger charge is 2.49. The molecule has 3 heterocycles. The molecule has 28 nitrogen and oxygen atoms in total. The molecule has 0 spiro atoms. The maximum atomic E-state index is 15.0. The van der Waals surface area contributed by atoms with Crippen molar-refractivity contribution in [3.63, 3.8) is 0 Å². The van der Waals surface area contributed by atoms with E-state index in [9.17, 15) is 93.2 Å². The molecule has 0 saturated carbocycles. The number of alkyl halides is 1. The second-order valence-corrected chi connectivity index (χ2v) is 26.1. The van der Waals surface area contributed by atoms with Crippen molar-refractivity contribution in [1.29, 1.82) is 0 Å². The number of aromatic hydroxyl groups is 1. The molecule has 0 radical (unpaired) electrons. The standard InChI is InChI=1S/C62H101FN10O18S/c1-7-35(4)27-36(5)14-12-10-8-9-11-13-15-48(81)67-43-28-39(76)31-65-60(89)52-46(79)21-24-72(52)61(90)49(45(78)20-23-64-55(84)42(26-34(2)3)68-56(85)41(66-33-74)22-25-92-6)70-59(88)51(54(83)53(82)37-16-18-38(75)19-17-37)71-58(87)44-29-40(77)32-73(44)62(91)50(47(80)30-63)69-57(43)86/h16-19,33-36,39-47,49-54,75-80,82-83H,7-15,20-32H2,1-6H3,(H,64,84)(H,65,89)(H,66,74)(H,67,81)(H,68,85)(H,69,86)(H,70,88)(H,71,87)/t35-,36+,39+,40+,41-,42-,43-,44-,45+,46-,47+,49-,50-,51-,52-,53-,54-/m0/s1. The molecule has 16 N–H and O–H groups in total. The molecule has 10 amide bonds. The first kappa shape index (κ1) is 78.2. The molecule has 0 aromatic heterocycles. The lowest BCUT2D eigenvalue weighted by Gasteiger charge is -2.34. The van der Waals surface area contributed by atoms with Crippen molar-refractivity contribution in [3.05, 3.63) is 29.8 Å². The van der Waals surface area contributed by atoms with Crippen LogP contribution in [0.2, 0.25) is 0 Å². The van der Waals surface area contributed by atoms with E-state index in [0.29, 0.717) is 41.7 Å². The van der Waals surface area contributed by atoms with Crippen LogP contribution >= 0.6 is 11.8 Å². The summed E-state index contributed by atoms with van der Waals surface area (Å²) in [5.41, 5.74) is -0.143. The smallest absolute Gasteiger partial charge is 0.248 e. The SMILES string of the molecule is CC[C@H](C)C[C@H](C)CCCCCCCCC(=O)N[C@H]1C[C@@H](O)CNC(=O)[C@@H]2[C@@H](O)CCN2C(=O)[C@H]([C@H](O)CCNC(=O)[C@H](CC(C)C)NC(=O)[C@H](CCSC)NC=O)NC(=O)[C@H]([C@H](O)[C@@H](O)c2ccc(O)cc2)NC(=O)[C@@H]2C[C@@H](O)CN2C(=O)[C@H]([C@H](O)CF)NC1=O. The zero-order valence-electron chi connectivity index (χ0n) is 53.7. The molecule has 92 heavy (non-hydrogen) atoms. The summed E-state index contributed by atoms with van der Waals surface area (Å²) in [5, 5.41) is 110. The van der Waals surface area contributed by atoms with E-state index in [0.717, 1.165) is 67.7 Å². The summed E-state index contributed by atoms with van der Waals surface area (Å²) in [6.45, 7) is 6.28. The minimum atomic E-state index is -2.42. The first-order valence-electron chi connectivity index (χ1n) is 32.1. The van der Waals surface area contributed by atoms with Crippen LogP contribution in [-0.2, 0) is 47.9 Å². The fourth-order valence-electron chi connectivity index (χ4n) is 11.7. The molecule has 0 aliphatic carbocycles. The first-order valence-corrected chi connectivity index (χ1v) is 33.5. The Hall–Kier alpha value is -6.28. The summed E-state index contributed by atoms with van der Waals surface area (Å²) < 4.78 is 14.6. The van der Waals surface area contributed by atoms with Crippen LogP contribution in [0.5, 0.6) is 5.75 Å². The molecule has 0 unspecified atom stereocenters. The number of carbonyl (C=O) groups is 10. The molecule has 1 aromatic carbocycles. The van der Waals surface area contributed by atoms with Gasteiger partial charge in [0.2, 0.25) is 59.6 Å². The number of phenolic OH excluding ortho intramolecular Hbond substituents is 1. The number of hydrogen-bond acceptors (Lipinski definition) is 19. The van der Waals surface area contributed by atoms with E-state index in [2.05, 4.69) is 63.3 Å². The summed E-state index contributed by atoms with van der Waals surface area (Å²) >= 11 is 1.42. The van der Waals surface area contributed by atoms with Crippen LogP contribution < -0.4 is 42.5 Å². The number of rotatable bonds is 32. The van der Waals surface area contributed by atoms with E-state index in [4.69, 9.17) is 0 Å². The van der Waals surface area contributed by atoms with Gasteiger partial charge in [0, 0.05) is 45.4 Å². The van der Waals surface area contributed by atoms with E-state index < -0.39 is 196 Å². The van der Waals surface area contributed by atoms with Gasteiger partial charge in [-0.2, -0.15) is 11.8 Å². The Morgan fingerprint density at radius 2 is 1.36 bits per heavy atom. The van der Waals surface area contributed by atoms with Crippen molar-refractivity contribution in [1.82, 2.24) is 52.3 Å². The lowest BCUT2D eigenvalue weighted by Crippen LogP contribution is -2.64. The molecule has 3 aliphatic heterocycles. The molecule has 4 rings (SSSR count). The monoisotopic (exact) mass is 1320 g/mol. The van der Waals surface area contributed by atoms with Crippen LogP contribution in [0.3, 0.4) is 0 Å². The summed E-state index contributed by atoms with van der Waals surface area (Å²) in [6, 6.07) is -9.89. The van der Waals surface area contributed by atoms with Gasteiger partial charge in [0.25, 0.3) is 0 Å². The molecule has 3 fully saturated rings. The van der Waals surface area contributed by atoms with Crippen LogP contribution in [0.15, 0.2) is 24.3 Å². The molecular formula is C62H101FN10O18S. The molecular weight excluding hydrogens is 1220 g/mol. The van der Waals surface area contributed by atoms with Crippen LogP contribution in [0, 0.1) is 17.8 Å². The average molecular weight is 1330 g/mol. The Morgan fingerprint density at radius 1 is 0.728 bits per heavy atom. The number of fused-ring (bicyclic) bond motifs is 2. The maximum absolute atomic E-state index is 15.0. The molecule has 520 valence electrons. The number of nitrogens with zero attached hydrogens (tertiary/aromatic N) is 2. The molecule has 0 bridgehead atoms. The van der Waals surface area contributed by atoms with Gasteiger partial charge >= 0.3 is 0 Å². The number of phenols is 1. The fourth-order valence-corrected chi connectivity index (χ4v) is 12.2. The number of aliphatic hydroxyl groups is 7. The number of thioether (sulfide) groups is 1. The second kappa shape index (κ2) is 39.4. The van der Waals surface area contributed by atoms with Crippen LogP contribution in [0.25, 0.3) is 0 Å². The Labute approximate surface area is 541 Å². The summed E-state index contributed by atoms with van der Waals surface area (Å²) in [7, 11) is 0. The largest absolute Gasteiger partial charge is 0.508 e. The molecule has 3 saturated heterocycles. The third-order valence-corrected chi connectivity index (χ3v) is 17.8. The number of halogens is 1. The predicted octanol–water partition coefficient (Wildman–Crippen LogP) is -1.68. The van der Waals surface area contributed by atoms with Crippen LogP contribution in [0.4, 0.5) is 4.39 Å². The van der Waals surface area contributed by atoms with E-state index in [1.807, 2.05) is 0 Å². The zero-order chi connectivity index (χ0) is 68.4. The van der Waals surface area contributed by atoms with Crippen molar-refractivity contribution < 1.29 is 93.2 Å². The third-order valence-electron chi connectivity index (χ3n) is 17.1. The number of amides is 10. The minimum absolute atomic E-state index is 0.0902. The summed E-state index contributed by atoms with van der Waals surface area (Å²) in [5.74, 6) is -8.56. The number of carbonyl (C=O) groups excluding carboxylic acids is 10. The van der Waals surface area contributed by atoms with Gasteiger partial charge in [-0.15, -0.1) is 0 Å². The van der Waals surface area contributed by atoms with Gasteiger partial charge in [-0.05, 0) is 86.0 Å². The van der Waals surface area contributed by atoms with Gasteiger partial charge in [-0.1, -0.05) is 91.7 Å². The number of unbranched alkanes of at least 4 members (excludes halogenated alkanes) is 5. The Balaban J connectivity index is 1.73. The third kappa shape index (κ3) is 24.2. The quantitative estimate of drug-likeness (QED) is 0.0283. The van der Waals surface area contributed by atoms with E-state index in [1.165, 1.54) is 18.2 Å². The number of aliphatic hydroxyl groups excluding tert-OH is 7. The summed E-state index contributed by atoms with van der Waals surface area (Å²) in [6.07, 6.45) is -5.24. The van der Waals surface area contributed by atoms with Crippen molar-refractivity contribution in [2.45, 2.75) is 228 Å². The predicted molar refractivity (Wildman–Crippen MR) is 336 cm³/mol. The Morgan fingerprint density at radius 3 is 2.00 bits per heavy atom. The van der Waals surface area contributed by atoms with E-state index >= 15 is 0 Å². The van der Waals surface area contributed by atoms with E-state index in [1.54, 1.807) is 20.1 Å². The zero-order valence-corrected chi connectivity index (χ0v) is 54.5. The number of β-amino-alcohol motifs (C(OH)–C–C–N with tert-alkyl or cyclic N) is 1. The van der Waals surface area contributed by atoms with Crippen molar-refractivity contribution in [3.8, 4) is 5.75 Å². The molecule has 30 heteroatoms. The maximum Gasteiger partial charge on any atom is 0.248 e. The molecule has 3 aliphatic rings. The second-order valence-electron chi connectivity index (χ2n) is 25.2. The number of nitrogens with one attached hydrogen (secondary N) is 8. The van der Waals surface area contributed by atoms with Crippen molar-refractivity contribution in [2.75, 3.05) is 44.9 Å². The van der Waals surface area contributed by atoms with Gasteiger partial charge in [0.15, 0.2) is 0 Å². The highest BCUT2D eigenvalue weighted by atomic mass is 32.2. The summed E-state index contributed by atoms with van der Waals surface area (Å²) in [4.78, 5) is 141. The number of benzene rings is 1. The van der Waals surface area contributed by atoms with Gasteiger partial charge in [0.05, 0.1) is 24.4 Å². The molecule has 1 aromatic rings. The first-order chi connectivity index (χ1) is 43.6. The average Bonchev–Trinajstić information content (AvgIpc) is 1.61. The Bertz CT molecular complexity index is 2560. The lowest BCUT2D eigenvalue weighted by molar-refractivity contribution is -0.148. The van der Waals surface area contributed by atoms with Gasteiger partial charge < -0.3 is 93.2 Å². The van der Waals surface area contributed by atoms with E-state index in [-0.39, 0.29) is 42.9 Å². The van der Waals surface area contributed by atoms with Gasteiger partial charge in [0.1, 0.15) is 79.1 Å².